The lowest BCUT2D eigenvalue weighted by Crippen LogP contribution is -2.50. The quantitative estimate of drug-likeness (QED) is 0.545. The number of hydrogen-bond donors (Lipinski definition) is 1. The molecule has 0 radical (unpaired) electrons. The third kappa shape index (κ3) is 7.47. The molecule has 168 valence electrons. The molecule has 8 heteroatoms. The van der Waals surface area contributed by atoms with Gasteiger partial charge in [0, 0.05) is 35.3 Å². The summed E-state index contributed by atoms with van der Waals surface area (Å²) in [5.41, 5.74) is 0.898. The number of nitrogens with zero attached hydrogens (tertiary/aromatic N) is 1. The molecule has 0 saturated heterocycles. The van der Waals surface area contributed by atoms with Crippen LogP contribution in [0.15, 0.2) is 46.9 Å². The van der Waals surface area contributed by atoms with Gasteiger partial charge in [-0.05, 0) is 38.5 Å². The number of nitrogens with one attached hydrogen (secondary N) is 1. The Balaban J connectivity index is 2.19. The SMILES string of the molecule is COc1cc(OC)cc(OCC(=O)N(Cc2cccc(Br)c2)C(C)C(=O)NC(C)C)c1. The van der Waals surface area contributed by atoms with Crippen molar-refractivity contribution in [3.8, 4) is 17.2 Å². The van der Waals surface area contributed by atoms with Crippen molar-refractivity contribution < 1.29 is 23.8 Å². The molecule has 0 aromatic heterocycles. The molecule has 0 bridgehead atoms. The van der Waals surface area contributed by atoms with Crippen LogP contribution in [0.3, 0.4) is 0 Å². The van der Waals surface area contributed by atoms with Crippen LogP contribution in [0.25, 0.3) is 0 Å². The van der Waals surface area contributed by atoms with Gasteiger partial charge in [-0.25, -0.2) is 0 Å². The van der Waals surface area contributed by atoms with Gasteiger partial charge in [-0.3, -0.25) is 9.59 Å². The maximum absolute atomic E-state index is 13.1. The molecular formula is C23H29BrN2O5. The molecule has 0 aliphatic carbocycles. The van der Waals surface area contributed by atoms with E-state index in [1.54, 1.807) is 39.3 Å². The highest BCUT2D eigenvalue weighted by Gasteiger charge is 2.27. The molecule has 0 spiro atoms. The fourth-order valence-corrected chi connectivity index (χ4v) is 3.36. The lowest BCUT2D eigenvalue weighted by Gasteiger charge is -2.29. The van der Waals surface area contributed by atoms with Crippen molar-refractivity contribution in [2.45, 2.75) is 39.4 Å². The van der Waals surface area contributed by atoms with Crippen LogP contribution in [0.2, 0.25) is 0 Å². The van der Waals surface area contributed by atoms with Gasteiger partial charge in [-0.2, -0.15) is 0 Å². The Morgan fingerprint density at radius 2 is 1.61 bits per heavy atom. The zero-order chi connectivity index (χ0) is 23.0. The number of rotatable bonds is 10. The van der Waals surface area contributed by atoms with Crippen LogP contribution in [0.5, 0.6) is 17.2 Å². The van der Waals surface area contributed by atoms with E-state index in [4.69, 9.17) is 14.2 Å². The Labute approximate surface area is 191 Å². The molecule has 1 N–H and O–H groups in total. The summed E-state index contributed by atoms with van der Waals surface area (Å²) in [6.45, 7) is 5.51. The van der Waals surface area contributed by atoms with Crippen LogP contribution >= 0.6 is 15.9 Å². The predicted molar refractivity (Wildman–Crippen MR) is 122 cm³/mol. The second kappa shape index (κ2) is 11.6. The number of carbonyl (C=O) groups excluding carboxylic acids is 2. The molecule has 0 aliphatic rings. The second-order valence-corrected chi connectivity index (χ2v) is 8.24. The number of carbonyl (C=O) groups is 2. The Morgan fingerprint density at radius 3 is 2.16 bits per heavy atom. The number of halogens is 1. The van der Waals surface area contributed by atoms with Gasteiger partial charge in [0.2, 0.25) is 5.91 Å². The van der Waals surface area contributed by atoms with E-state index in [0.29, 0.717) is 17.2 Å². The van der Waals surface area contributed by atoms with Gasteiger partial charge in [0.15, 0.2) is 6.61 Å². The monoisotopic (exact) mass is 492 g/mol. The molecule has 0 fully saturated rings. The average Bonchev–Trinajstić information content (AvgIpc) is 2.74. The van der Waals surface area contributed by atoms with Crippen molar-refractivity contribution in [2.24, 2.45) is 0 Å². The molecule has 0 saturated carbocycles. The van der Waals surface area contributed by atoms with Crippen LogP contribution in [-0.2, 0) is 16.1 Å². The van der Waals surface area contributed by atoms with Crippen LogP contribution in [0, 0.1) is 0 Å². The topological polar surface area (TPSA) is 77.1 Å². The highest BCUT2D eigenvalue weighted by molar-refractivity contribution is 9.10. The smallest absolute Gasteiger partial charge is 0.261 e. The second-order valence-electron chi connectivity index (χ2n) is 7.33. The molecule has 2 aromatic carbocycles. The zero-order valence-electron chi connectivity index (χ0n) is 18.5. The highest BCUT2D eigenvalue weighted by atomic mass is 79.9. The average molecular weight is 493 g/mol. The lowest BCUT2D eigenvalue weighted by molar-refractivity contribution is -0.142. The van der Waals surface area contributed by atoms with Gasteiger partial charge in [0.05, 0.1) is 14.2 Å². The molecule has 1 atom stereocenters. The van der Waals surface area contributed by atoms with Crippen LogP contribution in [0.1, 0.15) is 26.3 Å². The minimum Gasteiger partial charge on any atom is -0.496 e. The van der Waals surface area contributed by atoms with Crippen LogP contribution in [-0.4, -0.2) is 49.6 Å². The Kier molecular flexibility index (Phi) is 9.18. The number of methoxy groups -OCH3 is 2. The summed E-state index contributed by atoms with van der Waals surface area (Å²) in [6, 6.07) is 12.0. The lowest BCUT2D eigenvalue weighted by atomic mass is 10.1. The summed E-state index contributed by atoms with van der Waals surface area (Å²) in [4.78, 5) is 27.2. The first-order valence-electron chi connectivity index (χ1n) is 9.93. The van der Waals surface area contributed by atoms with Gasteiger partial charge in [-0.15, -0.1) is 0 Å². The van der Waals surface area contributed by atoms with Gasteiger partial charge < -0.3 is 24.4 Å². The van der Waals surface area contributed by atoms with E-state index in [2.05, 4.69) is 21.2 Å². The summed E-state index contributed by atoms with van der Waals surface area (Å²) in [7, 11) is 3.08. The van der Waals surface area contributed by atoms with E-state index >= 15 is 0 Å². The van der Waals surface area contributed by atoms with E-state index in [1.165, 1.54) is 4.90 Å². The van der Waals surface area contributed by atoms with E-state index in [0.717, 1.165) is 10.0 Å². The molecule has 1 unspecified atom stereocenters. The van der Waals surface area contributed by atoms with Gasteiger partial charge >= 0.3 is 0 Å². The van der Waals surface area contributed by atoms with Crippen molar-refractivity contribution in [2.75, 3.05) is 20.8 Å². The number of hydrogen-bond acceptors (Lipinski definition) is 5. The normalized spacial score (nSPS) is 11.6. The predicted octanol–water partition coefficient (Wildman–Crippen LogP) is 3.79. The van der Waals surface area contributed by atoms with Crippen molar-refractivity contribution in [1.82, 2.24) is 10.2 Å². The molecule has 31 heavy (non-hydrogen) atoms. The molecule has 0 aliphatic heterocycles. The summed E-state index contributed by atoms with van der Waals surface area (Å²) >= 11 is 3.45. The molecule has 2 aromatic rings. The van der Waals surface area contributed by atoms with E-state index in [-0.39, 0.29) is 31.0 Å². The summed E-state index contributed by atoms with van der Waals surface area (Å²) in [5, 5.41) is 2.86. The van der Waals surface area contributed by atoms with Crippen molar-refractivity contribution in [3.05, 3.63) is 52.5 Å². The van der Waals surface area contributed by atoms with Crippen molar-refractivity contribution >= 4 is 27.7 Å². The van der Waals surface area contributed by atoms with Crippen LogP contribution in [0.4, 0.5) is 0 Å². The maximum Gasteiger partial charge on any atom is 0.261 e. The van der Waals surface area contributed by atoms with Gasteiger partial charge in [-0.1, -0.05) is 28.1 Å². The summed E-state index contributed by atoms with van der Waals surface area (Å²) < 4.78 is 17.1. The number of amides is 2. The van der Waals surface area contributed by atoms with E-state index in [1.807, 2.05) is 38.1 Å². The maximum atomic E-state index is 13.1. The third-order valence-corrected chi connectivity index (χ3v) is 5.02. The number of benzene rings is 2. The first-order valence-corrected chi connectivity index (χ1v) is 10.7. The van der Waals surface area contributed by atoms with Crippen molar-refractivity contribution in [3.63, 3.8) is 0 Å². The zero-order valence-corrected chi connectivity index (χ0v) is 20.1. The number of ether oxygens (including phenoxy) is 3. The first-order chi connectivity index (χ1) is 14.7. The minimum atomic E-state index is -0.669. The highest BCUT2D eigenvalue weighted by Crippen LogP contribution is 2.27. The third-order valence-electron chi connectivity index (χ3n) is 4.53. The molecule has 2 amide bonds. The standard InChI is InChI=1S/C23H29BrN2O5/c1-15(2)25-23(28)16(3)26(13-17-7-6-8-18(24)9-17)22(27)14-31-21-11-19(29-4)10-20(12-21)30-5/h6-12,15-16H,13-14H2,1-5H3,(H,25,28). The van der Waals surface area contributed by atoms with E-state index in [9.17, 15) is 9.59 Å². The fourth-order valence-electron chi connectivity index (χ4n) is 2.91. The van der Waals surface area contributed by atoms with Gasteiger partial charge in [0.25, 0.3) is 5.91 Å². The summed E-state index contributed by atoms with van der Waals surface area (Å²) in [6.07, 6.45) is 0. The Morgan fingerprint density at radius 1 is 1.00 bits per heavy atom. The first kappa shape index (κ1) is 24.5. The molecular weight excluding hydrogens is 464 g/mol. The largest absolute Gasteiger partial charge is 0.496 e. The molecule has 7 nitrogen and oxygen atoms in total. The van der Waals surface area contributed by atoms with Gasteiger partial charge in [0.1, 0.15) is 23.3 Å². The Bertz CT molecular complexity index is 881. The van der Waals surface area contributed by atoms with Crippen molar-refractivity contribution in [1.29, 1.82) is 0 Å². The van der Waals surface area contributed by atoms with Crippen LogP contribution < -0.4 is 19.5 Å². The Hall–Kier alpha value is -2.74. The fraction of sp³-hybridized carbons (Fsp3) is 0.391. The minimum absolute atomic E-state index is 0.0294. The summed E-state index contributed by atoms with van der Waals surface area (Å²) in [5.74, 6) is 1.01. The van der Waals surface area contributed by atoms with E-state index < -0.39 is 6.04 Å². The molecule has 2 rings (SSSR count). The molecule has 0 heterocycles.